The summed E-state index contributed by atoms with van der Waals surface area (Å²) in [5, 5.41) is 6.23. The van der Waals surface area contributed by atoms with Gasteiger partial charge in [0.2, 0.25) is 5.88 Å². The zero-order valence-corrected chi connectivity index (χ0v) is 11.3. The zero-order valence-electron chi connectivity index (χ0n) is 11.3. The lowest BCUT2D eigenvalue weighted by Crippen LogP contribution is -2.01. The second kappa shape index (κ2) is 5.30. The molecule has 2 N–H and O–H groups in total. The molecule has 102 valence electrons. The molecular weight excluding hydrogens is 252 g/mol. The van der Waals surface area contributed by atoms with E-state index in [-0.39, 0.29) is 0 Å². The molecule has 3 rings (SSSR count). The molecule has 0 radical (unpaired) electrons. The number of nitrogens with zero attached hydrogens (tertiary/aromatic N) is 3. The smallest absolute Gasteiger partial charge is 0.227 e. The van der Waals surface area contributed by atoms with Crippen LogP contribution in [0.2, 0.25) is 0 Å². The summed E-state index contributed by atoms with van der Waals surface area (Å²) < 4.78 is 7.68. The average molecular weight is 268 g/mol. The SMILES string of the molecule is CCn1cc(Oc2nc(CN)cc3ccccc23)cn1. The summed E-state index contributed by atoms with van der Waals surface area (Å²) in [6, 6.07) is 9.95. The largest absolute Gasteiger partial charge is 0.435 e. The number of pyridine rings is 1. The average Bonchev–Trinajstić information content (AvgIpc) is 2.94. The summed E-state index contributed by atoms with van der Waals surface area (Å²) in [6.45, 7) is 3.22. The molecule has 2 aromatic heterocycles. The molecule has 0 fully saturated rings. The molecule has 0 saturated carbocycles. The summed E-state index contributed by atoms with van der Waals surface area (Å²) in [4.78, 5) is 4.47. The first kappa shape index (κ1) is 12.6. The molecule has 0 aliphatic carbocycles. The standard InChI is InChI=1S/C15H16N4O/c1-2-19-10-13(9-17-19)20-15-14-6-4-3-5-11(14)7-12(8-16)18-15/h3-7,9-10H,2,8,16H2,1H3. The quantitative estimate of drug-likeness (QED) is 0.790. The van der Waals surface area contributed by atoms with Crippen LogP contribution in [0, 0.1) is 0 Å². The predicted octanol–water partition coefficient (Wildman–Crippen LogP) is 2.70. The molecule has 3 aromatic rings. The van der Waals surface area contributed by atoms with Gasteiger partial charge in [-0.05, 0) is 24.4 Å². The lowest BCUT2D eigenvalue weighted by molar-refractivity contribution is 0.466. The van der Waals surface area contributed by atoms with E-state index in [9.17, 15) is 0 Å². The van der Waals surface area contributed by atoms with Crippen LogP contribution in [0.3, 0.4) is 0 Å². The third kappa shape index (κ3) is 2.35. The molecule has 0 saturated heterocycles. The second-order valence-electron chi connectivity index (χ2n) is 4.48. The van der Waals surface area contributed by atoms with Crippen LogP contribution in [-0.4, -0.2) is 14.8 Å². The fourth-order valence-electron chi connectivity index (χ4n) is 2.08. The van der Waals surface area contributed by atoms with Crippen LogP contribution in [0.4, 0.5) is 0 Å². The first-order valence-corrected chi connectivity index (χ1v) is 6.59. The van der Waals surface area contributed by atoms with Crippen molar-refractivity contribution >= 4 is 10.8 Å². The van der Waals surface area contributed by atoms with Crippen molar-refractivity contribution < 1.29 is 4.74 Å². The second-order valence-corrected chi connectivity index (χ2v) is 4.48. The summed E-state index contributed by atoms with van der Waals surface area (Å²) in [5.74, 6) is 1.25. The van der Waals surface area contributed by atoms with Crippen molar-refractivity contribution in [2.45, 2.75) is 20.0 Å². The van der Waals surface area contributed by atoms with E-state index < -0.39 is 0 Å². The van der Waals surface area contributed by atoms with Gasteiger partial charge in [-0.3, -0.25) is 4.68 Å². The fraction of sp³-hybridized carbons (Fsp3) is 0.200. The van der Waals surface area contributed by atoms with Crippen molar-refractivity contribution in [3.63, 3.8) is 0 Å². The Hall–Kier alpha value is -2.40. The van der Waals surface area contributed by atoms with Crippen LogP contribution in [0.5, 0.6) is 11.6 Å². The molecule has 0 amide bonds. The Labute approximate surface area is 117 Å². The fourth-order valence-corrected chi connectivity index (χ4v) is 2.08. The van der Waals surface area contributed by atoms with Crippen molar-refractivity contribution in [1.29, 1.82) is 0 Å². The summed E-state index contributed by atoms with van der Waals surface area (Å²) in [7, 11) is 0. The number of rotatable bonds is 4. The van der Waals surface area contributed by atoms with Gasteiger partial charge in [0.05, 0.1) is 18.1 Å². The molecule has 0 bridgehead atoms. The molecule has 20 heavy (non-hydrogen) atoms. The van der Waals surface area contributed by atoms with Gasteiger partial charge in [-0.2, -0.15) is 5.10 Å². The normalized spacial score (nSPS) is 10.9. The maximum absolute atomic E-state index is 5.87. The van der Waals surface area contributed by atoms with Gasteiger partial charge < -0.3 is 10.5 Å². The molecular formula is C15H16N4O. The predicted molar refractivity (Wildman–Crippen MR) is 77.6 cm³/mol. The third-order valence-corrected chi connectivity index (χ3v) is 3.12. The van der Waals surface area contributed by atoms with E-state index in [0.717, 1.165) is 23.0 Å². The summed E-state index contributed by atoms with van der Waals surface area (Å²) in [6.07, 6.45) is 3.54. The van der Waals surface area contributed by atoms with Gasteiger partial charge in [-0.1, -0.05) is 18.2 Å². The topological polar surface area (TPSA) is 66.0 Å². The Kier molecular flexibility index (Phi) is 3.35. The molecule has 2 heterocycles. The zero-order chi connectivity index (χ0) is 13.9. The number of nitrogens with two attached hydrogens (primary N) is 1. The molecule has 5 nitrogen and oxygen atoms in total. The highest BCUT2D eigenvalue weighted by Crippen LogP contribution is 2.28. The number of benzene rings is 1. The number of aryl methyl sites for hydroxylation is 1. The Morgan fingerprint density at radius 2 is 2.15 bits per heavy atom. The van der Waals surface area contributed by atoms with E-state index in [1.165, 1.54) is 0 Å². The Balaban J connectivity index is 2.04. The van der Waals surface area contributed by atoms with E-state index in [0.29, 0.717) is 18.2 Å². The lowest BCUT2D eigenvalue weighted by Gasteiger charge is -2.08. The van der Waals surface area contributed by atoms with Crippen molar-refractivity contribution in [1.82, 2.24) is 14.8 Å². The summed E-state index contributed by atoms with van der Waals surface area (Å²) in [5.41, 5.74) is 6.50. The first-order chi connectivity index (χ1) is 9.80. The van der Waals surface area contributed by atoms with Gasteiger partial charge >= 0.3 is 0 Å². The molecule has 0 atom stereocenters. The van der Waals surface area contributed by atoms with Gasteiger partial charge in [0.1, 0.15) is 0 Å². The van der Waals surface area contributed by atoms with Crippen molar-refractivity contribution in [3.8, 4) is 11.6 Å². The maximum atomic E-state index is 5.87. The van der Waals surface area contributed by atoms with Crippen molar-refractivity contribution in [2.24, 2.45) is 5.73 Å². The van der Waals surface area contributed by atoms with E-state index in [1.807, 2.05) is 48.1 Å². The van der Waals surface area contributed by atoms with Crippen LogP contribution in [-0.2, 0) is 13.1 Å². The molecule has 0 aliphatic rings. The maximum Gasteiger partial charge on any atom is 0.227 e. The highest BCUT2D eigenvalue weighted by Gasteiger charge is 2.08. The van der Waals surface area contributed by atoms with Crippen LogP contribution < -0.4 is 10.5 Å². The number of fused-ring (bicyclic) bond motifs is 1. The van der Waals surface area contributed by atoms with Crippen LogP contribution in [0.1, 0.15) is 12.6 Å². The minimum Gasteiger partial charge on any atom is -0.435 e. The molecule has 0 aliphatic heterocycles. The van der Waals surface area contributed by atoms with E-state index in [4.69, 9.17) is 10.5 Å². The molecule has 1 aromatic carbocycles. The molecule has 0 unspecified atom stereocenters. The monoisotopic (exact) mass is 268 g/mol. The number of ether oxygens (including phenoxy) is 1. The summed E-state index contributed by atoms with van der Waals surface area (Å²) >= 11 is 0. The van der Waals surface area contributed by atoms with Crippen LogP contribution in [0.15, 0.2) is 42.7 Å². The number of hydrogen-bond acceptors (Lipinski definition) is 4. The Bertz CT molecular complexity index is 736. The van der Waals surface area contributed by atoms with E-state index >= 15 is 0 Å². The third-order valence-electron chi connectivity index (χ3n) is 3.12. The van der Waals surface area contributed by atoms with E-state index in [1.54, 1.807) is 6.20 Å². The van der Waals surface area contributed by atoms with Crippen LogP contribution >= 0.6 is 0 Å². The minimum atomic E-state index is 0.384. The van der Waals surface area contributed by atoms with Gasteiger partial charge in [-0.15, -0.1) is 0 Å². The molecule has 0 spiro atoms. The van der Waals surface area contributed by atoms with Gasteiger partial charge in [0, 0.05) is 18.5 Å². The first-order valence-electron chi connectivity index (χ1n) is 6.59. The number of hydrogen-bond donors (Lipinski definition) is 1. The Morgan fingerprint density at radius 3 is 2.90 bits per heavy atom. The van der Waals surface area contributed by atoms with Gasteiger partial charge in [-0.25, -0.2) is 4.98 Å². The van der Waals surface area contributed by atoms with E-state index in [2.05, 4.69) is 10.1 Å². The van der Waals surface area contributed by atoms with Gasteiger partial charge in [0.15, 0.2) is 5.75 Å². The lowest BCUT2D eigenvalue weighted by atomic mass is 10.1. The van der Waals surface area contributed by atoms with Crippen molar-refractivity contribution in [2.75, 3.05) is 0 Å². The highest BCUT2D eigenvalue weighted by atomic mass is 16.5. The number of aromatic nitrogens is 3. The van der Waals surface area contributed by atoms with Gasteiger partial charge in [0.25, 0.3) is 0 Å². The molecule has 5 heteroatoms. The Morgan fingerprint density at radius 1 is 1.30 bits per heavy atom. The highest BCUT2D eigenvalue weighted by molar-refractivity contribution is 5.87. The van der Waals surface area contributed by atoms with Crippen molar-refractivity contribution in [3.05, 3.63) is 48.4 Å². The minimum absolute atomic E-state index is 0.384. The van der Waals surface area contributed by atoms with Crippen LogP contribution in [0.25, 0.3) is 10.8 Å².